The Labute approximate surface area is 125 Å². The number of aryl methyl sites for hydroxylation is 1. The van der Waals surface area contributed by atoms with Gasteiger partial charge in [0, 0.05) is 6.54 Å². The Hall–Kier alpha value is -1.88. The number of hydrogen-bond acceptors (Lipinski definition) is 4. The van der Waals surface area contributed by atoms with E-state index in [4.69, 9.17) is 4.74 Å². The summed E-state index contributed by atoms with van der Waals surface area (Å²) in [5.41, 5.74) is 1.80. The third kappa shape index (κ3) is 5.19. The van der Waals surface area contributed by atoms with Crippen LogP contribution in [0.15, 0.2) is 24.3 Å². The minimum atomic E-state index is -0.912. The van der Waals surface area contributed by atoms with E-state index >= 15 is 0 Å². The third-order valence-corrected chi connectivity index (χ3v) is 3.31. The molecule has 0 spiro atoms. The number of ether oxygens (including phenoxy) is 1. The van der Waals surface area contributed by atoms with E-state index < -0.39 is 12.0 Å². The maximum absolute atomic E-state index is 11.6. The molecule has 0 saturated carbocycles. The van der Waals surface area contributed by atoms with Crippen LogP contribution in [0.5, 0.6) is 0 Å². The predicted octanol–water partition coefficient (Wildman–Crippen LogP) is 2.40. The average molecular weight is 293 g/mol. The highest BCUT2D eigenvalue weighted by atomic mass is 16.5. The number of rotatable bonds is 8. The highest BCUT2D eigenvalue weighted by molar-refractivity contribution is 5.76. The van der Waals surface area contributed by atoms with Crippen LogP contribution in [0.1, 0.15) is 37.4 Å². The molecule has 1 N–H and O–H groups in total. The van der Waals surface area contributed by atoms with E-state index in [9.17, 15) is 14.7 Å². The molecule has 1 unspecified atom stereocenters. The van der Waals surface area contributed by atoms with Gasteiger partial charge in [0.1, 0.15) is 6.04 Å². The maximum Gasteiger partial charge on any atom is 0.325 e. The predicted molar refractivity (Wildman–Crippen MR) is 80.1 cm³/mol. The number of likely N-dealkylation sites (N-methyl/N-ethyl adjacent to an activating group) is 1. The first kappa shape index (κ1) is 17.2. The molecule has 21 heavy (non-hydrogen) atoms. The van der Waals surface area contributed by atoms with Crippen molar-refractivity contribution in [1.82, 2.24) is 4.90 Å². The van der Waals surface area contributed by atoms with Gasteiger partial charge < -0.3 is 9.84 Å². The minimum Gasteiger partial charge on any atom is -0.480 e. The standard InChI is InChI=1S/C16H23NO4/c1-4-17(11-10-14(18)21-5-2)15(16(19)20)13-8-6-12(3)7-9-13/h6-9,15H,4-5,10-11H2,1-3H3,(H,19,20). The van der Waals surface area contributed by atoms with Crippen molar-refractivity contribution in [1.29, 1.82) is 0 Å². The summed E-state index contributed by atoms with van der Waals surface area (Å²) in [6, 6.07) is 6.68. The van der Waals surface area contributed by atoms with Crippen molar-refractivity contribution in [3.8, 4) is 0 Å². The van der Waals surface area contributed by atoms with Crippen molar-refractivity contribution in [3.63, 3.8) is 0 Å². The van der Waals surface area contributed by atoms with Crippen molar-refractivity contribution in [2.75, 3.05) is 19.7 Å². The lowest BCUT2D eigenvalue weighted by Crippen LogP contribution is -2.35. The number of carboxylic acid groups (broad SMARTS) is 1. The lowest BCUT2D eigenvalue weighted by Gasteiger charge is -2.27. The van der Waals surface area contributed by atoms with Crippen LogP contribution in [0.25, 0.3) is 0 Å². The zero-order chi connectivity index (χ0) is 15.8. The van der Waals surface area contributed by atoms with Gasteiger partial charge in [0.2, 0.25) is 0 Å². The molecule has 5 heteroatoms. The number of aliphatic carboxylic acids is 1. The second-order valence-electron chi connectivity index (χ2n) is 4.84. The molecule has 0 fully saturated rings. The monoisotopic (exact) mass is 293 g/mol. The van der Waals surface area contributed by atoms with Crippen LogP contribution < -0.4 is 0 Å². The van der Waals surface area contributed by atoms with E-state index in [1.807, 2.05) is 38.1 Å². The SMILES string of the molecule is CCOC(=O)CCN(CC)C(C(=O)O)c1ccc(C)cc1. The molecule has 0 heterocycles. The van der Waals surface area contributed by atoms with Crippen LogP contribution in [0, 0.1) is 6.92 Å². The van der Waals surface area contributed by atoms with E-state index in [-0.39, 0.29) is 12.4 Å². The zero-order valence-electron chi connectivity index (χ0n) is 12.8. The molecule has 1 atom stereocenters. The Kier molecular flexibility index (Phi) is 6.88. The summed E-state index contributed by atoms with van der Waals surface area (Å²) in [5, 5.41) is 9.51. The number of benzene rings is 1. The van der Waals surface area contributed by atoms with E-state index in [0.29, 0.717) is 19.7 Å². The van der Waals surface area contributed by atoms with Gasteiger partial charge >= 0.3 is 11.9 Å². The van der Waals surface area contributed by atoms with Gasteiger partial charge in [-0.05, 0) is 26.0 Å². The Morgan fingerprint density at radius 1 is 1.24 bits per heavy atom. The molecule has 0 aliphatic heterocycles. The van der Waals surface area contributed by atoms with E-state index in [1.54, 1.807) is 11.8 Å². The van der Waals surface area contributed by atoms with Crippen LogP contribution in [0.4, 0.5) is 0 Å². The molecule has 0 aliphatic rings. The lowest BCUT2D eigenvalue weighted by atomic mass is 10.0. The summed E-state index contributed by atoms with van der Waals surface area (Å²) in [7, 11) is 0. The molecule has 116 valence electrons. The maximum atomic E-state index is 11.6. The van der Waals surface area contributed by atoms with Gasteiger partial charge in [-0.15, -0.1) is 0 Å². The first-order valence-corrected chi connectivity index (χ1v) is 7.18. The van der Waals surface area contributed by atoms with Crippen LogP contribution in [-0.4, -0.2) is 41.6 Å². The fourth-order valence-corrected chi connectivity index (χ4v) is 2.20. The largest absolute Gasteiger partial charge is 0.480 e. The van der Waals surface area contributed by atoms with Gasteiger partial charge in [0.25, 0.3) is 0 Å². The first-order valence-electron chi connectivity index (χ1n) is 7.18. The summed E-state index contributed by atoms with van der Waals surface area (Å²) in [6.45, 7) is 6.84. The van der Waals surface area contributed by atoms with Crippen molar-refractivity contribution in [2.45, 2.75) is 33.2 Å². The fourth-order valence-electron chi connectivity index (χ4n) is 2.20. The molecule has 0 saturated heterocycles. The highest BCUT2D eigenvalue weighted by Crippen LogP contribution is 2.21. The number of esters is 1. The van der Waals surface area contributed by atoms with Crippen molar-refractivity contribution >= 4 is 11.9 Å². The minimum absolute atomic E-state index is 0.192. The summed E-state index contributed by atoms with van der Waals surface area (Å²) in [4.78, 5) is 24.8. The van der Waals surface area contributed by atoms with Crippen molar-refractivity contribution in [3.05, 3.63) is 35.4 Å². The third-order valence-electron chi connectivity index (χ3n) is 3.31. The molecule has 0 aromatic heterocycles. The number of hydrogen-bond donors (Lipinski definition) is 1. The molecule has 1 aromatic carbocycles. The average Bonchev–Trinajstić information content (AvgIpc) is 2.44. The molecule has 1 aromatic rings. The number of carboxylic acids is 1. The molecular formula is C16H23NO4. The van der Waals surface area contributed by atoms with Crippen LogP contribution in [0.3, 0.4) is 0 Å². The second kappa shape index (κ2) is 8.42. The molecule has 5 nitrogen and oxygen atoms in total. The highest BCUT2D eigenvalue weighted by Gasteiger charge is 2.26. The van der Waals surface area contributed by atoms with Crippen LogP contribution >= 0.6 is 0 Å². The van der Waals surface area contributed by atoms with E-state index in [2.05, 4.69) is 0 Å². The summed E-state index contributed by atoms with van der Waals surface area (Å²) in [6.07, 6.45) is 0.192. The fraction of sp³-hybridized carbons (Fsp3) is 0.500. The molecule has 0 bridgehead atoms. The van der Waals surface area contributed by atoms with Gasteiger partial charge in [-0.25, -0.2) is 0 Å². The number of carbonyl (C=O) groups is 2. The molecule has 1 rings (SSSR count). The smallest absolute Gasteiger partial charge is 0.325 e. The normalized spacial score (nSPS) is 12.2. The van der Waals surface area contributed by atoms with Crippen molar-refractivity contribution in [2.24, 2.45) is 0 Å². The Morgan fingerprint density at radius 2 is 1.86 bits per heavy atom. The Bertz CT molecular complexity index is 470. The number of nitrogens with zero attached hydrogens (tertiary/aromatic N) is 1. The Balaban J connectivity index is 2.83. The van der Waals surface area contributed by atoms with Gasteiger partial charge in [-0.3, -0.25) is 14.5 Å². The van der Waals surface area contributed by atoms with Crippen LogP contribution in [-0.2, 0) is 14.3 Å². The second-order valence-corrected chi connectivity index (χ2v) is 4.84. The molecule has 0 aliphatic carbocycles. The van der Waals surface area contributed by atoms with Gasteiger partial charge in [-0.1, -0.05) is 36.8 Å². The van der Waals surface area contributed by atoms with Crippen LogP contribution in [0.2, 0.25) is 0 Å². The van der Waals surface area contributed by atoms with Gasteiger partial charge in [0.05, 0.1) is 13.0 Å². The van der Waals surface area contributed by atoms with Gasteiger partial charge in [0.15, 0.2) is 0 Å². The summed E-state index contributed by atoms with van der Waals surface area (Å²) >= 11 is 0. The molecular weight excluding hydrogens is 270 g/mol. The molecule has 0 amide bonds. The topological polar surface area (TPSA) is 66.8 Å². The van der Waals surface area contributed by atoms with Crippen molar-refractivity contribution < 1.29 is 19.4 Å². The van der Waals surface area contributed by atoms with E-state index in [0.717, 1.165) is 11.1 Å². The first-order chi connectivity index (χ1) is 9.99. The summed E-state index contributed by atoms with van der Waals surface area (Å²) in [5.74, 6) is -1.21. The number of carbonyl (C=O) groups excluding carboxylic acids is 1. The zero-order valence-corrected chi connectivity index (χ0v) is 12.8. The molecule has 0 radical (unpaired) electrons. The van der Waals surface area contributed by atoms with Gasteiger partial charge in [-0.2, -0.15) is 0 Å². The quantitative estimate of drug-likeness (QED) is 0.745. The summed E-state index contributed by atoms with van der Waals surface area (Å²) < 4.78 is 4.89. The Morgan fingerprint density at radius 3 is 2.33 bits per heavy atom. The van der Waals surface area contributed by atoms with E-state index in [1.165, 1.54) is 0 Å². The lowest BCUT2D eigenvalue weighted by molar-refractivity contribution is -0.147.